The van der Waals surface area contributed by atoms with Crippen molar-refractivity contribution in [2.45, 2.75) is 25.3 Å². The van der Waals surface area contributed by atoms with Gasteiger partial charge in [0.25, 0.3) is 0 Å². The molecule has 0 saturated heterocycles. The summed E-state index contributed by atoms with van der Waals surface area (Å²) < 4.78 is 13.0. The Kier molecular flexibility index (Phi) is 4.78. The molecule has 1 aliphatic carbocycles. The van der Waals surface area contributed by atoms with Gasteiger partial charge in [-0.05, 0) is 37.0 Å². The van der Waals surface area contributed by atoms with E-state index in [2.05, 4.69) is 20.6 Å². The minimum Gasteiger partial charge on any atom is -0.367 e. The minimum atomic E-state index is -0.212. The molecule has 2 N–H and O–H groups in total. The Morgan fingerprint density at radius 1 is 0.962 bits per heavy atom. The van der Waals surface area contributed by atoms with Gasteiger partial charge in [0.15, 0.2) is 0 Å². The molecule has 2 aromatic carbocycles. The van der Waals surface area contributed by atoms with Gasteiger partial charge in [-0.1, -0.05) is 42.5 Å². The maximum atomic E-state index is 13.0. The Balaban J connectivity index is 1.49. The molecule has 4 rings (SSSR count). The third kappa shape index (κ3) is 4.36. The Morgan fingerprint density at radius 2 is 1.73 bits per heavy atom. The van der Waals surface area contributed by atoms with Crippen molar-refractivity contribution in [2.24, 2.45) is 0 Å². The monoisotopic (exact) mass is 348 g/mol. The topological polar surface area (TPSA) is 49.8 Å². The summed E-state index contributed by atoms with van der Waals surface area (Å²) in [6.45, 7) is 0.687. The zero-order valence-electron chi connectivity index (χ0n) is 14.5. The second-order valence-corrected chi connectivity index (χ2v) is 6.55. The van der Waals surface area contributed by atoms with E-state index in [-0.39, 0.29) is 5.82 Å². The standard InChI is InChI=1S/C21H21FN4/c22-17-8-6-15(7-9-17)12-13-23-21-25-19(16-4-2-1-3-5-16)14-20(26-21)24-18-10-11-18/h1-9,14,18H,10-13H2,(H2,23,24,25,26). The average Bonchev–Trinajstić information content (AvgIpc) is 3.48. The maximum absolute atomic E-state index is 13.0. The summed E-state index contributed by atoms with van der Waals surface area (Å²) in [5.74, 6) is 1.25. The molecule has 1 aromatic heterocycles. The Bertz CT molecular complexity index is 861. The van der Waals surface area contributed by atoms with Gasteiger partial charge in [0.05, 0.1) is 5.69 Å². The number of nitrogens with one attached hydrogen (secondary N) is 2. The summed E-state index contributed by atoms with van der Waals surface area (Å²) in [6, 6.07) is 19.2. The Labute approximate surface area is 152 Å². The first kappa shape index (κ1) is 16.5. The lowest BCUT2D eigenvalue weighted by atomic mass is 10.1. The predicted octanol–water partition coefficient (Wildman–Crippen LogP) is 4.51. The molecular formula is C21H21FN4. The normalized spacial score (nSPS) is 13.4. The largest absolute Gasteiger partial charge is 0.367 e. The number of halogens is 1. The van der Waals surface area contributed by atoms with E-state index in [1.165, 1.54) is 25.0 Å². The lowest BCUT2D eigenvalue weighted by Gasteiger charge is -2.11. The van der Waals surface area contributed by atoms with Gasteiger partial charge < -0.3 is 10.6 Å². The van der Waals surface area contributed by atoms with Gasteiger partial charge in [0.1, 0.15) is 11.6 Å². The van der Waals surface area contributed by atoms with Crippen molar-refractivity contribution in [3.8, 4) is 11.3 Å². The van der Waals surface area contributed by atoms with E-state index in [1.807, 2.05) is 36.4 Å². The molecule has 0 atom stereocenters. The van der Waals surface area contributed by atoms with Crippen LogP contribution in [-0.4, -0.2) is 22.6 Å². The smallest absolute Gasteiger partial charge is 0.225 e. The summed E-state index contributed by atoms with van der Waals surface area (Å²) in [6.07, 6.45) is 3.17. The molecule has 1 aliphatic rings. The van der Waals surface area contributed by atoms with Gasteiger partial charge in [-0.3, -0.25) is 0 Å². The molecule has 26 heavy (non-hydrogen) atoms. The van der Waals surface area contributed by atoms with Crippen molar-refractivity contribution in [1.29, 1.82) is 0 Å². The van der Waals surface area contributed by atoms with Crippen LogP contribution >= 0.6 is 0 Å². The average molecular weight is 348 g/mol. The number of nitrogens with zero attached hydrogens (tertiary/aromatic N) is 2. The summed E-state index contributed by atoms with van der Waals surface area (Å²) in [7, 11) is 0. The molecule has 4 nitrogen and oxygen atoms in total. The van der Waals surface area contributed by atoms with Crippen LogP contribution in [0.15, 0.2) is 60.7 Å². The van der Waals surface area contributed by atoms with E-state index in [4.69, 9.17) is 0 Å². The third-order valence-corrected chi connectivity index (χ3v) is 4.34. The van der Waals surface area contributed by atoms with E-state index in [9.17, 15) is 4.39 Å². The van der Waals surface area contributed by atoms with Crippen LogP contribution in [0.3, 0.4) is 0 Å². The van der Waals surface area contributed by atoms with Crippen LogP contribution in [0.2, 0.25) is 0 Å². The Hall–Kier alpha value is -2.95. The van der Waals surface area contributed by atoms with E-state index in [0.717, 1.165) is 29.1 Å². The zero-order chi connectivity index (χ0) is 17.8. The highest BCUT2D eigenvalue weighted by atomic mass is 19.1. The molecule has 0 aliphatic heterocycles. The van der Waals surface area contributed by atoms with Gasteiger partial charge in [0.2, 0.25) is 5.95 Å². The maximum Gasteiger partial charge on any atom is 0.225 e. The van der Waals surface area contributed by atoms with E-state index < -0.39 is 0 Å². The minimum absolute atomic E-state index is 0.212. The molecule has 132 valence electrons. The van der Waals surface area contributed by atoms with Crippen LogP contribution in [0.25, 0.3) is 11.3 Å². The number of benzene rings is 2. The third-order valence-electron chi connectivity index (χ3n) is 4.34. The van der Waals surface area contributed by atoms with Crippen molar-refractivity contribution in [2.75, 3.05) is 17.2 Å². The van der Waals surface area contributed by atoms with Crippen molar-refractivity contribution in [3.05, 3.63) is 72.0 Å². The number of hydrogen-bond donors (Lipinski definition) is 2. The van der Waals surface area contributed by atoms with Crippen molar-refractivity contribution in [3.63, 3.8) is 0 Å². The molecule has 1 fully saturated rings. The summed E-state index contributed by atoms with van der Waals surface area (Å²) in [4.78, 5) is 9.25. The van der Waals surface area contributed by atoms with E-state index >= 15 is 0 Å². The SMILES string of the molecule is Fc1ccc(CCNc2nc(NC3CC3)cc(-c3ccccc3)n2)cc1. The fraction of sp³-hybridized carbons (Fsp3) is 0.238. The number of hydrogen-bond acceptors (Lipinski definition) is 4. The van der Waals surface area contributed by atoms with Crippen LogP contribution in [0.1, 0.15) is 18.4 Å². The van der Waals surface area contributed by atoms with Crippen molar-refractivity contribution in [1.82, 2.24) is 9.97 Å². The molecule has 1 saturated carbocycles. The van der Waals surface area contributed by atoms with Gasteiger partial charge in [-0.25, -0.2) is 9.37 Å². The first-order valence-corrected chi connectivity index (χ1v) is 8.96. The molecule has 0 radical (unpaired) electrons. The zero-order valence-corrected chi connectivity index (χ0v) is 14.5. The molecule has 0 unspecified atom stereocenters. The van der Waals surface area contributed by atoms with Gasteiger partial charge in [-0.15, -0.1) is 0 Å². The van der Waals surface area contributed by atoms with Crippen LogP contribution < -0.4 is 10.6 Å². The van der Waals surface area contributed by atoms with Crippen LogP contribution in [0.4, 0.5) is 16.2 Å². The second kappa shape index (κ2) is 7.52. The van der Waals surface area contributed by atoms with Gasteiger partial charge >= 0.3 is 0 Å². The molecule has 0 bridgehead atoms. The van der Waals surface area contributed by atoms with Crippen LogP contribution in [-0.2, 0) is 6.42 Å². The molecular weight excluding hydrogens is 327 g/mol. The first-order chi connectivity index (χ1) is 12.8. The number of rotatable bonds is 7. The van der Waals surface area contributed by atoms with E-state index in [1.54, 1.807) is 12.1 Å². The highest BCUT2D eigenvalue weighted by Gasteiger charge is 2.22. The molecule has 1 heterocycles. The van der Waals surface area contributed by atoms with Crippen LogP contribution in [0.5, 0.6) is 0 Å². The lowest BCUT2D eigenvalue weighted by molar-refractivity contribution is 0.627. The van der Waals surface area contributed by atoms with Crippen LogP contribution in [0, 0.1) is 5.82 Å². The quantitative estimate of drug-likeness (QED) is 0.659. The summed E-state index contributed by atoms with van der Waals surface area (Å²) in [5, 5.41) is 6.74. The Morgan fingerprint density at radius 3 is 2.46 bits per heavy atom. The lowest BCUT2D eigenvalue weighted by Crippen LogP contribution is -2.11. The number of anilines is 2. The fourth-order valence-corrected chi connectivity index (χ4v) is 2.76. The molecule has 5 heteroatoms. The van der Waals surface area contributed by atoms with E-state index in [0.29, 0.717) is 18.5 Å². The predicted molar refractivity (Wildman–Crippen MR) is 103 cm³/mol. The summed E-state index contributed by atoms with van der Waals surface area (Å²) >= 11 is 0. The van der Waals surface area contributed by atoms with Crippen molar-refractivity contribution < 1.29 is 4.39 Å². The first-order valence-electron chi connectivity index (χ1n) is 8.96. The summed E-state index contributed by atoms with van der Waals surface area (Å²) in [5.41, 5.74) is 3.04. The van der Waals surface area contributed by atoms with Gasteiger partial charge in [0, 0.05) is 24.2 Å². The molecule has 0 spiro atoms. The van der Waals surface area contributed by atoms with Gasteiger partial charge in [-0.2, -0.15) is 4.98 Å². The molecule has 0 amide bonds. The number of aromatic nitrogens is 2. The highest BCUT2D eigenvalue weighted by molar-refractivity contribution is 5.64. The molecule has 3 aromatic rings. The second-order valence-electron chi connectivity index (χ2n) is 6.55. The highest BCUT2D eigenvalue weighted by Crippen LogP contribution is 2.27. The fourth-order valence-electron chi connectivity index (χ4n) is 2.76. The van der Waals surface area contributed by atoms with Crippen molar-refractivity contribution >= 4 is 11.8 Å².